The van der Waals surface area contributed by atoms with Gasteiger partial charge in [-0.15, -0.1) is 4.40 Å². The molecule has 1 aliphatic carbocycles. The van der Waals surface area contributed by atoms with Crippen molar-refractivity contribution < 1.29 is 13.2 Å². The van der Waals surface area contributed by atoms with Crippen LogP contribution in [0.1, 0.15) is 44.6 Å². The Kier molecular flexibility index (Phi) is 5.76. The summed E-state index contributed by atoms with van der Waals surface area (Å²) >= 11 is 0. The third-order valence-corrected chi connectivity index (χ3v) is 6.25. The number of benzene rings is 1. The number of carbonyl (C=O) groups is 1. The first kappa shape index (κ1) is 18.6. The van der Waals surface area contributed by atoms with E-state index >= 15 is 0 Å². The van der Waals surface area contributed by atoms with Crippen LogP contribution >= 0.6 is 0 Å². The molecule has 1 aliphatic heterocycles. The van der Waals surface area contributed by atoms with Crippen molar-refractivity contribution in [2.24, 2.45) is 4.40 Å². The number of nitrogens with one attached hydrogen (secondary N) is 1. The molecular weight excluding hydrogens is 350 g/mol. The summed E-state index contributed by atoms with van der Waals surface area (Å²) in [5.41, 5.74) is 1.61. The van der Waals surface area contributed by atoms with Crippen LogP contribution in [0.5, 0.6) is 0 Å². The van der Waals surface area contributed by atoms with Crippen molar-refractivity contribution >= 4 is 21.8 Å². The van der Waals surface area contributed by atoms with Crippen molar-refractivity contribution in [2.75, 3.05) is 6.54 Å². The third-order valence-electron chi connectivity index (χ3n) is 4.86. The Bertz CT molecular complexity index is 810. The predicted molar refractivity (Wildman–Crippen MR) is 102 cm³/mol. The van der Waals surface area contributed by atoms with Crippen molar-refractivity contribution in [1.82, 2.24) is 9.62 Å². The van der Waals surface area contributed by atoms with Crippen LogP contribution in [-0.2, 0) is 21.4 Å². The van der Waals surface area contributed by atoms with Crippen LogP contribution in [0.4, 0.5) is 0 Å². The molecule has 1 fully saturated rings. The second-order valence-electron chi connectivity index (χ2n) is 6.85. The number of rotatable bonds is 5. The van der Waals surface area contributed by atoms with E-state index in [-0.39, 0.29) is 24.2 Å². The Morgan fingerprint density at radius 2 is 1.88 bits per heavy atom. The van der Waals surface area contributed by atoms with Crippen LogP contribution in [0.3, 0.4) is 0 Å². The monoisotopic (exact) mass is 375 g/mol. The molecule has 1 amide bonds. The molecule has 0 saturated heterocycles. The van der Waals surface area contributed by atoms with Crippen molar-refractivity contribution in [3.05, 3.63) is 47.7 Å². The molecule has 0 bridgehead atoms. The molecule has 1 saturated carbocycles. The molecule has 2 aliphatic rings. The Hall–Kier alpha value is -2.15. The van der Waals surface area contributed by atoms with Gasteiger partial charge in [0.25, 0.3) is 5.91 Å². The topological polar surface area (TPSA) is 78.8 Å². The highest BCUT2D eigenvalue weighted by molar-refractivity contribution is 7.88. The highest BCUT2D eigenvalue weighted by Crippen LogP contribution is 2.20. The van der Waals surface area contributed by atoms with Gasteiger partial charge in [0, 0.05) is 18.8 Å². The quantitative estimate of drug-likeness (QED) is 0.859. The first-order valence-electron chi connectivity index (χ1n) is 9.11. The van der Waals surface area contributed by atoms with Gasteiger partial charge in [0.2, 0.25) is 0 Å². The molecule has 0 atom stereocenters. The molecule has 0 aromatic heterocycles. The zero-order valence-electron chi connectivity index (χ0n) is 15.0. The van der Waals surface area contributed by atoms with Crippen molar-refractivity contribution in [1.29, 1.82) is 0 Å². The van der Waals surface area contributed by atoms with E-state index < -0.39 is 10.2 Å². The van der Waals surface area contributed by atoms with Crippen LogP contribution in [0.15, 0.2) is 46.5 Å². The van der Waals surface area contributed by atoms with Crippen molar-refractivity contribution in [2.45, 2.75) is 51.5 Å². The van der Waals surface area contributed by atoms with Crippen molar-refractivity contribution in [3.8, 4) is 0 Å². The maximum absolute atomic E-state index is 12.6. The normalized spacial score (nSPS) is 20.3. The van der Waals surface area contributed by atoms with E-state index in [1.54, 1.807) is 6.92 Å². The van der Waals surface area contributed by atoms with E-state index in [2.05, 4.69) is 9.71 Å². The Balaban J connectivity index is 1.72. The summed E-state index contributed by atoms with van der Waals surface area (Å²) in [5.74, 6) is -0.238. The molecule has 1 aromatic carbocycles. The fraction of sp³-hybridized carbons (Fsp3) is 0.474. The zero-order chi connectivity index (χ0) is 18.6. The molecule has 3 rings (SSSR count). The number of hydrogen-bond donors (Lipinski definition) is 1. The average molecular weight is 375 g/mol. The van der Waals surface area contributed by atoms with Gasteiger partial charge in [-0.25, -0.2) is 0 Å². The lowest BCUT2D eigenvalue weighted by Crippen LogP contribution is -2.41. The fourth-order valence-corrected chi connectivity index (χ4v) is 4.49. The van der Waals surface area contributed by atoms with Crippen molar-refractivity contribution in [3.63, 3.8) is 0 Å². The lowest BCUT2D eigenvalue weighted by Gasteiger charge is -2.26. The van der Waals surface area contributed by atoms with Gasteiger partial charge in [0.1, 0.15) is 0 Å². The molecule has 1 N–H and O–H groups in total. The zero-order valence-corrected chi connectivity index (χ0v) is 15.8. The maximum atomic E-state index is 12.6. The van der Waals surface area contributed by atoms with Crippen LogP contribution in [-0.4, -0.2) is 36.9 Å². The maximum Gasteiger partial charge on any atom is 0.344 e. The molecule has 0 radical (unpaired) electrons. The number of carbonyl (C=O) groups excluding carboxylic acids is 1. The third kappa shape index (κ3) is 4.52. The molecule has 140 valence electrons. The summed E-state index contributed by atoms with van der Waals surface area (Å²) < 4.78 is 29.6. The van der Waals surface area contributed by atoms with Crippen LogP contribution in [0.25, 0.3) is 0 Å². The molecule has 0 spiro atoms. The van der Waals surface area contributed by atoms with E-state index in [9.17, 15) is 13.2 Å². The number of nitrogens with zero attached hydrogens (tertiary/aromatic N) is 2. The minimum absolute atomic E-state index is 0.168. The molecule has 1 aromatic rings. The Labute approximate surface area is 155 Å². The van der Waals surface area contributed by atoms with E-state index in [1.165, 1.54) is 16.9 Å². The van der Waals surface area contributed by atoms with Crippen LogP contribution < -0.4 is 5.32 Å². The lowest BCUT2D eigenvalue weighted by molar-refractivity contribution is -0.117. The van der Waals surface area contributed by atoms with Gasteiger partial charge in [0.15, 0.2) is 0 Å². The second kappa shape index (κ2) is 8.03. The van der Waals surface area contributed by atoms with E-state index in [0.29, 0.717) is 12.0 Å². The molecule has 0 unspecified atom stereocenters. The van der Waals surface area contributed by atoms with Crippen LogP contribution in [0, 0.1) is 0 Å². The van der Waals surface area contributed by atoms with Gasteiger partial charge in [-0.05, 0) is 31.7 Å². The summed E-state index contributed by atoms with van der Waals surface area (Å²) in [5, 5.41) is 3.03. The van der Waals surface area contributed by atoms with Gasteiger partial charge < -0.3 is 5.32 Å². The molecule has 1 heterocycles. The first-order chi connectivity index (χ1) is 12.5. The lowest BCUT2D eigenvalue weighted by atomic mass is 9.95. The molecule has 7 heteroatoms. The summed E-state index contributed by atoms with van der Waals surface area (Å²) in [7, 11) is -3.78. The van der Waals surface area contributed by atoms with E-state index in [4.69, 9.17) is 0 Å². The van der Waals surface area contributed by atoms with E-state index in [1.807, 2.05) is 30.3 Å². The minimum atomic E-state index is -3.78. The summed E-state index contributed by atoms with van der Waals surface area (Å²) in [6, 6.07) is 9.82. The van der Waals surface area contributed by atoms with Gasteiger partial charge in [0.05, 0.1) is 11.3 Å². The summed E-state index contributed by atoms with van der Waals surface area (Å²) in [6.45, 7) is 1.82. The Morgan fingerprint density at radius 3 is 2.58 bits per heavy atom. The molecule has 26 heavy (non-hydrogen) atoms. The van der Waals surface area contributed by atoms with Crippen LogP contribution in [0.2, 0.25) is 0 Å². The highest BCUT2D eigenvalue weighted by atomic mass is 32.2. The number of amides is 1. The smallest absolute Gasteiger partial charge is 0.344 e. The standard InChI is InChI=1S/C19H25N3O3S/c1-15-18(19(23)20-17-10-6-3-7-11-17)14-22(26(24,25)21-15)13-12-16-8-4-2-5-9-16/h2,4-5,8-9,14,17H,3,6-7,10-13H2,1H3,(H,20,23). The van der Waals surface area contributed by atoms with Gasteiger partial charge in [-0.3, -0.25) is 9.10 Å². The highest BCUT2D eigenvalue weighted by Gasteiger charge is 2.29. The largest absolute Gasteiger partial charge is 0.349 e. The number of hydrogen-bond acceptors (Lipinski definition) is 3. The predicted octanol–water partition coefficient (Wildman–Crippen LogP) is 2.58. The first-order valence-corrected chi connectivity index (χ1v) is 10.5. The van der Waals surface area contributed by atoms with Gasteiger partial charge >= 0.3 is 10.2 Å². The van der Waals surface area contributed by atoms with Gasteiger partial charge in [-0.2, -0.15) is 8.42 Å². The Morgan fingerprint density at radius 1 is 1.19 bits per heavy atom. The minimum Gasteiger partial charge on any atom is -0.349 e. The summed E-state index contributed by atoms with van der Waals surface area (Å²) in [4.78, 5) is 12.6. The summed E-state index contributed by atoms with van der Waals surface area (Å²) in [6.07, 6.45) is 7.39. The fourth-order valence-electron chi connectivity index (χ4n) is 3.38. The molecular formula is C19H25N3O3S. The second-order valence-corrected chi connectivity index (χ2v) is 8.40. The molecule has 6 nitrogen and oxygen atoms in total. The SMILES string of the molecule is CC1=NS(=O)(=O)N(CCc2ccccc2)C=C1C(=O)NC1CCCCC1. The van der Waals surface area contributed by atoms with E-state index in [0.717, 1.165) is 31.2 Å². The van der Waals surface area contributed by atoms with Gasteiger partial charge in [-0.1, -0.05) is 49.6 Å². The average Bonchev–Trinajstić information content (AvgIpc) is 2.62.